The van der Waals surface area contributed by atoms with Gasteiger partial charge in [-0.15, -0.1) is 0 Å². The van der Waals surface area contributed by atoms with Gasteiger partial charge in [-0.05, 0) is 38.1 Å². The van der Waals surface area contributed by atoms with Crippen molar-refractivity contribution < 1.29 is 4.79 Å². The number of aromatic amines is 1. The summed E-state index contributed by atoms with van der Waals surface area (Å²) in [6, 6.07) is 8.44. The molecule has 1 aromatic carbocycles. The molecule has 1 aliphatic carbocycles. The molecule has 0 radical (unpaired) electrons. The van der Waals surface area contributed by atoms with Gasteiger partial charge in [0.05, 0.1) is 0 Å². The lowest BCUT2D eigenvalue weighted by Crippen LogP contribution is -2.37. The Hall–Kier alpha value is -1.81. The smallest absolute Gasteiger partial charge is 0.252 e. The molecule has 1 saturated carbocycles. The Balaban J connectivity index is 1.55. The van der Waals surface area contributed by atoms with E-state index in [1.54, 1.807) is 0 Å². The average Bonchev–Trinajstić information content (AvgIpc) is 3.17. The first-order chi connectivity index (χ1) is 10.3. The van der Waals surface area contributed by atoms with E-state index in [0.29, 0.717) is 12.6 Å². The second kappa shape index (κ2) is 6.31. The van der Waals surface area contributed by atoms with Gasteiger partial charge in [-0.25, -0.2) is 0 Å². The molecule has 1 fully saturated rings. The summed E-state index contributed by atoms with van der Waals surface area (Å²) in [6.07, 6.45) is 7.16. The van der Waals surface area contributed by atoms with Gasteiger partial charge in [-0.2, -0.15) is 0 Å². The number of carbonyl (C=O) groups excluding carboxylic acids is 1. The molecule has 0 bridgehead atoms. The first-order valence-electron chi connectivity index (χ1n) is 7.80. The standard InChI is InChI=1S/C17H23N3O/c1-20(13-5-2-3-6-13)12-11-19-17(21)15-7-4-8-16-14(15)9-10-18-16/h4,7-10,13,18H,2-3,5-6,11-12H2,1H3,(H,19,21). The van der Waals surface area contributed by atoms with Gasteiger partial charge in [0.25, 0.3) is 5.91 Å². The molecular formula is C17H23N3O. The highest BCUT2D eigenvalue weighted by Crippen LogP contribution is 2.22. The zero-order valence-corrected chi connectivity index (χ0v) is 12.6. The molecule has 0 atom stereocenters. The quantitative estimate of drug-likeness (QED) is 0.887. The van der Waals surface area contributed by atoms with Crippen molar-refractivity contribution in [1.82, 2.24) is 15.2 Å². The van der Waals surface area contributed by atoms with Crippen molar-refractivity contribution in [3.05, 3.63) is 36.0 Å². The number of nitrogens with one attached hydrogen (secondary N) is 2. The van der Waals surface area contributed by atoms with E-state index in [2.05, 4.69) is 22.2 Å². The molecule has 112 valence electrons. The molecular weight excluding hydrogens is 262 g/mol. The number of benzene rings is 1. The topological polar surface area (TPSA) is 48.1 Å². The molecule has 0 unspecified atom stereocenters. The fourth-order valence-electron chi connectivity index (χ4n) is 3.25. The van der Waals surface area contributed by atoms with Crippen LogP contribution >= 0.6 is 0 Å². The maximum Gasteiger partial charge on any atom is 0.252 e. The van der Waals surface area contributed by atoms with Gasteiger partial charge in [-0.3, -0.25) is 4.79 Å². The minimum atomic E-state index is 0.0139. The fourth-order valence-corrected chi connectivity index (χ4v) is 3.25. The number of H-pyrrole nitrogens is 1. The highest BCUT2D eigenvalue weighted by atomic mass is 16.1. The SMILES string of the molecule is CN(CCNC(=O)c1cccc2[nH]ccc12)C1CCCC1. The predicted octanol–water partition coefficient (Wildman–Crippen LogP) is 2.77. The molecule has 3 rings (SSSR count). The van der Waals surface area contributed by atoms with E-state index in [4.69, 9.17) is 0 Å². The number of rotatable bonds is 5. The van der Waals surface area contributed by atoms with Crippen molar-refractivity contribution in [2.45, 2.75) is 31.7 Å². The Kier molecular flexibility index (Phi) is 4.25. The van der Waals surface area contributed by atoms with Crippen molar-refractivity contribution in [1.29, 1.82) is 0 Å². The summed E-state index contributed by atoms with van der Waals surface area (Å²) in [5.74, 6) is 0.0139. The molecule has 1 amide bonds. The second-order valence-corrected chi connectivity index (χ2v) is 5.92. The van der Waals surface area contributed by atoms with Gasteiger partial charge in [-0.1, -0.05) is 18.9 Å². The molecule has 0 saturated heterocycles. The van der Waals surface area contributed by atoms with Gasteiger partial charge in [0, 0.05) is 41.8 Å². The highest BCUT2D eigenvalue weighted by Gasteiger charge is 2.19. The van der Waals surface area contributed by atoms with Gasteiger partial charge < -0.3 is 15.2 Å². The van der Waals surface area contributed by atoms with Crippen molar-refractivity contribution in [3.63, 3.8) is 0 Å². The van der Waals surface area contributed by atoms with E-state index in [1.165, 1.54) is 25.7 Å². The van der Waals surface area contributed by atoms with Crippen LogP contribution < -0.4 is 5.32 Å². The number of carbonyl (C=O) groups is 1. The number of amides is 1. The van der Waals surface area contributed by atoms with Crippen LogP contribution in [0.5, 0.6) is 0 Å². The monoisotopic (exact) mass is 285 g/mol. The Labute approximate surface area is 125 Å². The van der Waals surface area contributed by atoms with Crippen LogP contribution in [-0.2, 0) is 0 Å². The van der Waals surface area contributed by atoms with Crippen LogP contribution in [0.15, 0.2) is 30.5 Å². The zero-order valence-electron chi connectivity index (χ0n) is 12.6. The van der Waals surface area contributed by atoms with Gasteiger partial charge in [0.1, 0.15) is 0 Å². The molecule has 2 aromatic rings. The van der Waals surface area contributed by atoms with E-state index in [9.17, 15) is 4.79 Å². The molecule has 4 nitrogen and oxygen atoms in total. The van der Waals surface area contributed by atoms with Crippen LogP contribution in [0.2, 0.25) is 0 Å². The molecule has 1 heterocycles. The Morgan fingerprint density at radius 1 is 1.33 bits per heavy atom. The maximum absolute atomic E-state index is 12.3. The van der Waals surface area contributed by atoms with Crippen molar-refractivity contribution in [3.8, 4) is 0 Å². The lowest BCUT2D eigenvalue weighted by atomic mass is 10.1. The van der Waals surface area contributed by atoms with E-state index in [0.717, 1.165) is 23.0 Å². The minimum Gasteiger partial charge on any atom is -0.361 e. The van der Waals surface area contributed by atoms with E-state index < -0.39 is 0 Å². The largest absolute Gasteiger partial charge is 0.361 e. The normalized spacial score (nSPS) is 15.9. The molecule has 0 spiro atoms. The number of hydrogen-bond donors (Lipinski definition) is 2. The summed E-state index contributed by atoms with van der Waals surface area (Å²) in [7, 11) is 2.16. The number of likely N-dealkylation sites (N-methyl/N-ethyl adjacent to an activating group) is 1. The maximum atomic E-state index is 12.3. The van der Waals surface area contributed by atoms with Crippen molar-refractivity contribution >= 4 is 16.8 Å². The number of nitrogens with zero attached hydrogens (tertiary/aromatic N) is 1. The van der Waals surface area contributed by atoms with Gasteiger partial charge >= 0.3 is 0 Å². The zero-order chi connectivity index (χ0) is 14.7. The van der Waals surface area contributed by atoms with Crippen molar-refractivity contribution in [2.24, 2.45) is 0 Å². The molecule has 1 aromatic heterocycles. The lowest BCUT2D eigenvalue weighted by Gasteiger charge is -2.23. The molecule has 1 aliphatic rings. The van der Waals surface area contributed by atoms with E-state index in [-0.39, 0.29) is 5.91 Å². The van der Waals surface area contributed by atoms with Crippen LogP contribution in [0.1, 0.15) is 36.0 Å². The predicted molar refractivity (Wildman–Crippen MR) is 85.5 cm³/mol. The lowest BCUT2D eigenvalue weighted by molar-refractivity contribution is 0.0949. The minimum absolute atomic E-state index is 0.0139. The first-order valence-corrected chi connectivity index (χ1v) is 7.80. The Morgan fingerprint density at radius 3 is 2.95 bits per heavy atom. The summed E-state index contributed by atoms with van der Waals surface area (Å²) < 4.78 is 0. The molecule has 0 aliphatic heterocycles. The summed E-state index contributed by atoms with van der Waals surface area (Å²) in [5.41, 5.74) is 1.75. The van der Waals surface area contributed by atoms with Gasteiger partial charge in [0.15, 0.2) is 0 Å². The molecule has 4 heteroatoms. The summed E-state index contributed by atoms with van der Waals surface area (Å²) in [4.78, 5) is 17.8. The number of aromatic nitrogens is 1. The van der Waals surface area contributed by atoms with Crippen LogP contribution in [0.25, 0.3) is 10.9 Å². The van der Waals surface area contributed by atoms with Crippen molar-refractivity contribution in [2.75, 3.05) is 20.1 Å². The second-order valence-electron chi connectivity index (χ2n) is 5.92. The van der Waals surface area contributed by atoms with Gasteiger partial charge in [0.2, 0.25) is 0 Å². The third kappa shape index (κ3) is 3.10. The highest BCUT2D eigenvalue weighted by molar-refractivity contribution is 6.06. The fraction of sp³-hybridized carbons (Fsp3) is 0.471. The number of hydrogen-bond acceptors (Lipinski definition) is 2. The summed E-state index contributed by atoms with van der Waals surface area (Å²) in [5, 5.41) is 4.03. The van der Waals surface area contributed by atoms with Crippen LogP contribution in [0.3, 0.4) is 0 Å². The first kappa shape index (κ1) is 14.1. The Morgan fingerprint density at radius 2 is 2.14 bits per heavy atom. The van der Waals surface area contributed by atoms with Crippen LogP contribution in [-0.4, -0.2) is 42.0 Å². The third-order valence-corrected chi connectivity index (χ3v) is 4.54. The molecule has 2 N–H and O–H groups in total. The summed E-state index contributed by atoms with van der Waals surface area (Å²) in [6.45, 7) is 1.62. The average molecular weight is 285 g/mol. The van der Waals surface area contributed by atoms with E-state index in [1.807, 2.05) is 30.5 Å². The van der Waals surface area contributed by atoms with Crippen LogP contribution in [0.4, 0.5) is 0 Å². The molecule has 21 heavy (non-hydrogen) atoms. The third-order valence-electron chi connectivity index (χ3n) is 4.54. The number of fused-ring (bicyclic) bond motifs is 1. The summed E-state index contributed by atoms with van der Waals surface area (Å²) >= 11 is 0. The van der Waals surface area contributed by atoms with Crippen LogP contribution in [0, 0.1) is 0 Å². The Bertz CT molecular complexity index is 613. The van der Waals surface area contributed by atoms with E-state index >= 15 is 0 Å².